The molecule has 1 aromatic heterocycles. The van der Waals surface area contributed by atoms with Gasteiger partial charge in [0, 0.05) is 30.2 Å². The summed E-state index contributed by atoms with van der Waals surface area (Å²) < 4.78 is 0. The third kappa shape index (κ3) is 5.64. The lowest BCUT2D eigenvalue weighted by Crippen LogP contribution is -2.31. The molecule has 0 aliphatic heterocycles. The van der Waals surface area contributed by atoms with Crippen LogP contribution in [0.5, 0.6) is 0 Å². The van der Waals surface area contributed by atoms with Gasteiger partial charge >= 0.3 is 0 Å². The average Bonchev–Trinajstić information content (AvgIpc) is 3.13. The quantitative estimate of drug-likeness (QED) is 0.523. The van der Waals surface area contributed by atoms with Crippen LogP contribution in [0.15, 0.2) is 54.6 Å². The third-order valence-corrected chi connectivity index (χ3v) is 5.05. The molecule has 6 heteroatoms. The maximum Gasteiger partial charge on any atom is 0.117 e. The van der Waals surface area contributed by atoms with Gasteiger partial charge in [0.2, 0.25) is 0 Å². The van der Waals surface area contributed by atoms with E-state index in [-0.39, 0.29) is 0 Å². The van der Waals surface area contributed by atoms with Gasteiger partial charge in [-0.3, -0.25) is 0 Å². The first-order chi connectivity index (χ1) is 13.7. The summed E-state index contributed by atoms with van der Waals surface area (Å²) in [6.45, 7) is 9.82. The minimum Gasteiger partial charge on any atom is -0.310 e. The second-order valence-electron chi connectivity index (χ2n) is 6.72. The zero-order valence-electron chi connectivity index (χ0n) is 16.6. The molecule has 3 rings (SSSR count). The highest BCUT2D eigenvalue weighted by Gasteiger charge is 2.13. The van der Waals surface area contributed by atoms with E-state index in [1.165, 1.54) is 0 Å². The summed E-state index contributed by atoms with van der Waals surface area (Å²) in [5, 5.41) is 13.8. The van der Waals surface area contributed by atoms with Gasteiger partial charge < -0.3 is 10.2 Å². The van der Waals surface area contributed by atoms with Crippen LogP contribution in [0.3, 0.4) is 0 Å². The van der Waals surface area contributed by atoms with Crippen molar-refractivity contribution in [1.29, 1.82) is 0 Å². The van der Waals surface area contributed by atoms with Gasteiger partial charge in [0.1, 0.15) is 11.4 Å². The fourth-order valence-corrected chi connectivity index (χ4v) is 3.26. The van der Waals surface area contributed by atoms with E-state index >= 15 is 0 Å². The van der Waals surface area contributed by atoms with Crippen molar-refractivity contribution in [3.05, 3.63) is 70.9 Å². The molecule has 0 bridgehead atoms. The summed E-state index contributed by atoms with van der Waals surface area (Å²) in [6.07, 6.45) is 0. The molecule has 0 aliphatic rings. The van der Waals surface area contributed by atoms with E-state index in [4.69, 9.17) is 21.8 Å². The van der Waals surface area contributed by atoms with Crippen LogP contribution in [0.4, 0.5) is 0 Å². The smallest absolute Gasteiger partial charge is 0.117 e. The molecule has 28 heavy (non-hydrogen) atoms. The number of halogens is 1. The Bertz CT molecular complexity index is 841. The van der Waals surface area contributed by atoms with Crippen LogP contribution in [-0.2, 0) is 13.1 Å². The predicted molar refractivity (Wildman–Crippen MR) is 116 cm³/mol. The van der Waals surface area contributed by atoms with E-state index < -0.39 is 0 Å². The Hall–Kier alpha value is -2.21. The largest absolute Gasteiger partial charge is 0.310 e. The Kier molecular flexibility index (Phi) is 7.60. The van der Waals surface area contributed by atoms with Crippen molar-refractivity contribution in [2.24, 2.45) is 0 Å². The van der Waals surface area contributed by atoms with Crippen molar-refractivity contribution in [1.82, 2.24) is 25.2 Å². The van der Waals surface area contributed by atoms with Crippen molar-refractivity contribution in [2.75, 3.05) is 26.2 Å². The Morgan fingerprint density at radius 2 is 1.68 bits per heavy atom. The molecule has 0 spiro atoms. The van der Waals surface area contributed by atoms with Crippen molar-refractivity contribution < 1.29 is 0 Å². The van der Waals surface area contributed by atoms with E-state index in [2.05, 4.69) is 36.2 Å². The number of likely N-dealkylation sites (N-methyl/N-ethyl adjacent to an activating group) is 1. The highest BCUT2D eigenvalue weighted by molar-refractivity contribution is 6.30. The van der Waals surface area contributed by atoms with Gasteiger partial charge in [0.05, 0.1) is 6.54 Å². The second kappa shape index (κ2) is 10.4. The Morgan fingerprint density at radius 1 is 0.964 bits per heavy atom. The zero-order chi connectivity index (χ0) is 19.8. The second-order valence-corrected chi connectivity index (χ2v) is 7.16. The minimum absolute atomic E-state index is 0.621. The molecule has 1 N–H and O–H groups in total. The fraction of sp³-hybridized carbons (Fsp3) is 0.364. The number of nitrogens with one attached hydrogen (secondary N) is 1. The Balaban J connectivity index is 1.73. The average molecular weight is 398 g/mol. The van der Waals surface area contributed by atoms with Gasteiger partial charge in [-0.05, 0) is 30.8 Å². The van der Waals surface area contributed by atoms with E-state index in [1.54, 1.807) is 4.80 Å². The fourth-order valence-electron chi connectivity index (χ4n) is 3.13. The standard InChI is InChI=1S/C22H28ClN5/c1-3-27(4-2)15-14-24-16-21-22(19-8-6-5-7-9-19)26-28(25-21)17-18-10-12-20(23)13-11-18/h5-13,24H,3-4,14-17H2,1-2H3. The predicted octanol–water partition coefficient (Wildman–Crippen LogP) is 4.08. The molecule has 0 fully saturated rings. The molecule has 0 atom stereocenters. The number of hydrogen-bond acceptors (Lipinski definition) is 4. The molecular formula is C22H28ClN5. The molecule has 0 aliphatic carbocycles. The molecule has 0 saturated heterocycles. The van der Waals surface area contributed by atoms with E-state index in [0.29, 0.717) is 13.1 Å². The number of nitrogens with zero attached hydrogens (tertiary/aromatic N) is 4. The maximum atomic E-state index is 5.99. The van der Waals surface area contributed by atoms with Crippen molar-refractivity contribution in [3.63, 3.8) is 0 Å². The molecule has 0 amide bonds. The van der Waals surface area contributed by atoms with Crippen LogP contribution in [0.1, 0.15) is 25.1 Å². The number of rotatable bonds is 10. The topological polar surface area (TPSA) is 46.0 Å². The Labute approximate surface area is 172 Å². The summed E-state index contributed by atoms with van der Waals surface area (Å²) in [6, 6.07) is 18.1. The van der Waals surface area contributed by atoms with Gasteiger partial charge in [-0.2, -0.15) is 15.0 Å². The molecule has 3 aromatic rings. The summed E-state index contributed by atoms with van der Waals surface area (Å²) in [7, 11) is 0. The molecule has 5 nitrogen and oxygen atoms in total. The summed E-state index contributed by atoms with van der Waals surface area (Å²) >= 11 is 5.99. The summed E-state index contributed by atoms with van der Waals surface area (Å²) in [4.78, 5) is 4.18. The van der Waals surface area contributed by atoms with Crippen LogP contribution in [0.2, 0.25) is 5.02 Å². The van der Waals surface area contributed by atoms with Crippen molar-refractivity contribution >= 4 is 11.6 Å². The van der Waals surface area contributed by atoms with Gasteiger partial charge in [0.25, 0.3) is 0 Å². The number of benzene rings is 2. The zero-order valence-corrected chi connectivity index (χ0v) is 17.4. The van der Waals surface area contributed by atoms with Gasteiger partial charge in [-0.1, -0.05) is 67.9 Å². The minimum atomic E-state index is 0.621. The first-order valence-electron chi connectivity index (χ1n) is 9.86. The van der Waals surface area contributed by atoms with Gasteiger partial charge in [-0.25, -0.2) is 0 Å². The first-order valence-corrected chi connectivity index (χ1v) is 10.2. The third-order valence-electron chi connectivity index (χ3n) is 4.80. The summed E-state index contributed by atoms with van der Waals surface area (Å²) in [5.74, 6) is 0. The van der Waals surface area contributed by atoms with Crippen LogP contribution < -0.4 is 5.32 Å². The molecule has 1 heterocycles. The molecule has 0 radical (unpaired) electrons. The lowest BCUT2D eigenvalue weighted by molar-refractivity contribution is 0.302. The maximum absolute atomic E-state index is 5.99. The van der Waals surface area contributed by atoms with Crippen molar-refractivity contribution in [2.45, 2.75) is 26.9 Å². The molecule has 2 aromatic carbocycles. The highest BCUT2D eigenvalue weighted by atomic mass is 35.5. The lowest BCUT2D eigenvalue weighted by atomic mass is 10.1. The Morgan fingerprint density at radius 3 is 2.36 bits per heavy atom. The van der Waals surface area contributed by atoms with Crippen molar-refractivity contribution in [3.8, 4) is 11.3 Å². The molecular weight excluding hydrogens is 370 g/mol. The normalized spacial score (nSPS) is 11.3. The molecule has 0 saturated carbocycles. The van der Waals surface area contributed by atoms with Gasteiger partial charge in [-0.15, -0.1) is 0 Å². The monoisotopic (exact) mass is 397 g/mol. The van der Waals surface area contributed by atoms with Crippen LogP contribution in [-0.4, -0.2) is 46.1 Å². The number of hydrogen-bond donors (Lipinski definition) is 1. The lowest BCUT2D eigenvalue weighted by Gasteiger charge is -2.17. The highest BCUT2D eigenvalue weighted by Crippen LogP contribution is 2.20. The number of aromatic nitrogens is 3. The van der Waals surface area contributed by atoms with Crippen LogP contribution >= 0.6 is 11.6 Å². The van der Waals surface area contributed by atoms with Crippen LogP contribution in [0.25, 0.3) is 11.3 Å². The first kappa shape index (κ1) is 20.5. The SMILES string of the molecule is CCN(CC)CCNCc1nn(Cc2ccc(Cl)cc2)nc1-c1ccccc1. The molecule has 0 unspecified atom stereocenters. The van der Waals surface area contributed by atoms with E-state index in [9.17, 15) is 0 Å². The molecule has 148 valence electrons. The van der Waals surface area contributed by atoms with E-state index in [1.807, 2.05) is 42.5 Å². The van der Waals surface area contributed by atoms with E-state index in [0.717, 1.165) is 53.7 Å². The summed E-state index contributed by atoms with van der Waals surface area (Å²) in [5.41, 5.74) is 4.12. The van der Waals surface area contributed by atoms with Gasteiger partial charge in [0.15, 0.2) is 0 Å². The van der Waals surface area contributed by atoms with Crippen LogP contribution in [0, 0.1) is 0 Å².